The highest BCUT2D eigenvalue weighted by Gasteiger charge is 2.22. The zero-order chi connectivity index (χ0) is 13.8. The standard InChI is InChI=1S/C13H18N2O4/c1-9-3-5-11(19-9)8-14-12-7-10(15(16)17)4-6-13(12)18-2/h4,6-7,9,11,14H,3,5,8H2,1-2H3. The van der Waals surface area contributed by atoms with Gasteiger partial charge in [-0.1, -0.05) is 0 Å². The van der Waals surface area contributed by atoms with Crippen LogP contribution in [-0.2, 0) is 4.74 Å². The van der Waals surface area contributed by atoms with Crippen LogP contribution in [0.5, 0.6) is 5.75 Å². The number of hydrogen-bond acceptors (Lipinski definition) is 5. The second-order valence-electron chi connectivity index (χ2n) is 4.67. The van der Waals surface area contributed by atoms with Gasteiger partial charge in [0.15, 0.2) is 0 Å². The molecule has 2 rings (SSSR count). The molecule has 19 heavy (non-hydrogen) atoms. The van der Waals surface area contributed by atoms with Crippen LogP contribution in [-0.4, -0.2) is 30.8 Å². The zero-order valence-electron chi connectivity index (χ0n) is 11.1. The van der Waals surface area contributed by atoms with E-state index < -0.39 is 4.92 Å². The lowest BCUT2D eigenvalue weighted by molar-refractivity contribution is -0.384. The van der Waals surface area contributed by atoms with Crippen LogP contribution < -0.4 is 10.1 Å². The number of non-ortho nitro benzene ring substituents is 1. The van der Waals surface area contributed by atoms with Gasteiger partial charge >= 0.3 is 0 Å². The van der Waals surface area contributed by atoms with Gasteiger partial charge in [0, 0.05) is 18.7 Å². The number of nitro groups is 1. The summed E-state index contributed by atoms with van der Waals surface area (Å²) in [6, 6.07) is 4.51. The van der Waals surface area contributed by atoms with Crippen molar-refractivity contribution in [3.63, 3.8) is 0 Å². The molecule has 0 amide bonds. The van der Waals surface area contributed by atoms with Gasteiger partial charge in [-0.25, -0.2) is 0 Å². The number of ether oxygens (including phenoxy) is 2. The first kappa shape index (κ1) is 13.6. The summed E-state index contributed by atoms with van der Waals surface area (Å²) >= 11 is 0. The maximum absolute atomic E-state index is 10.8. The Balaban J connectivity index is 2.05. The van der Waals surface area contributed by atoms with E-state index in [-0.39, 0.29) is 11.8 Å². The van der Waals surface area contributed by atoms with Crippen LogP contribution in [0.3, 0.4) is 0 Å². The summed E-state index contributed by atoms with van der Waals surface area (Å²) in [5, 5.41) is 13.9. The largest absolute Gasteiger partial charge is 0.495 e. The van der Waals surface area contributed by atoms with E-state index in [0.29, 0.717) is 24.1 Å². The first-order valence-corrected chi connectivity index (χ1v) is 6.32. The predicted molar refractivity (Wildman–Crippen MR) is 71.7 cm³/mol. The van der Waals surface area contributed by atoms with E-state index in [0.717, 1.165) is 12.8 Å². The molecule has 0 aliphatic carbocycles. The number of methoxy groups -OCH3 is 1. The first-order chi connectivity index (χ1) is 9.10. The number of hydrogen-bond donors (Lipinski definition) is 1. The Morgan fingerprint density at radius 3 is 2.89 bits per heavy atom. The summed E-state index contributed by atoms with van der Waals surface area (Å²) in [6.45, 7) is 2.68. The molecule has 0 radical (unpaired) electrons. The maximum Gasteiger partial charge on any atom is 0.271 e. The highest BCUT2D eigenvalue weighted by molar-refractivity contribution is 5.61. The Labute approximate surface area is 111 Å². The van der Waals surface area contributed by atoms with Crippen molar-refractivity contribution in [2.45, 2.75) is 32.0 Å². The lowest BCUT2D eigenvalue weighted by Crippen LogP contribution is -2.20. The second-order valence-corrected chi connectivity index (χ2v) is 4.67. The van der Waals surface area contributed by atoms with E-state index in [4.69, 9.17) is 9.47 Å². The summed E-state index contributed by atoms with van der Waals surface area (Å²) in [5.74, 6) is 0.594. The van der Waals surface area contributed by atoms with Crippen LogP contribution in [0.4, 0.5) is 11.4 Å². The molecule has 1 heterocycles. The fourth-order valence-electron chi connectivity index (χ4n) is 2.21. The van der Waals surface area contributed by atoms with Crippen LogP contribution in [0.25, 0.3) is 0 Å². The SMILES string of the molecule is COc1ccc([N+](=O)[O-])cc1NCC1CCC(C)O1. The van der Waals surface area contributed by atoms with Crippen molar-refractivity contribution in [2.75, 3.05) is 19.0 Å². The van der Waals surface area contributed by atoms with Crippen molar-refractivity contribution in [1.82, 2.24) is 0 Å². The van der Waals surface area contributed by atoms with E-state index in [1.165, 1.54) is 12.1 Å². The molecule has 1 N–H and O–H groups in total. The summed E-state index contributed by atoms with van der Waals surface area (Å²) in [5.41, 5.74) is 0.670. The molecule has 1 aliphatic heterocycles. The molecule has 104 valence electrons. The topological polar surface area (TPSA) is 73.6 Å². The zero-order valence-corrected chi connectivity index (χ0v) is 11.1. The van der Waals surface area contributed by atoms with E-state index in [1.807, 2.05) is 6.92 Å². The van der Waals surface area contributed by atoms with Crippen molar-refractivity contribution in [2.24, 2.45) is 0 Å². The number of nitrogens with one attached hydrogen (secondary N) is 1. The molecule has 1 aromatic carbocycles. The third kappa shape index (κ3) is 3.35. The number of nitrogens with zero attached hydrogens (tertiary/aromatic N) is 1. The number of anilines is 1. The highest BCUT2D eigenvalue weighted by atomic mass is 16.6. The van der Waals surface area contributed by atoms with Crippen molar-refractivity contribution in [3.8, 4) is 5.75 Å². The molecule has 1 aromatic rings. The number of benzene rings is 1. The van der Waals surface area contributed by atoms with E-state index in [2.05, 4.69) is 5.32 Å². The molecular formula is C13H18N2O4. The van der Waals surface area contributed by atoms with Gasteiger partial charge in [-0.3, -0.25) is 10.1 Å². The van der Waals surface area contributed by atoms with Crippen LogP contribution in [0.2, 0.25) is 0 Å². The Morgan fingerprint density at radius 1 is 1.53 bits per heavy atom. The molecular weight excluding hydrogens is 248 g/mol. The highest BCUT2D eigenvalue weighted by Crippen LogP contribution is 2.29. The molecule has 0 spiro atoms. The lowest BCUT2D eigenvalue weighted by atomic mass is 10.2. The van der Waals surface area contributed by atoms with Crippen molar-refractivity contribution < 1.29 is 14.4 Å². The van der Waals surface area contributed by atoms with Crippen LogP contribution in [0.15, 0.2) is 18.2 Å². The van der Waals surface area contributed by atoms with Crippen molar-refractivity contribution in [1.29, 1.82) is 0 Å². The summed E-state index contributed by atoms with van der Waals surface area (Å²) in [7, 11) is 1.54. The van der Waals surface area contributed by atoms with Gasteiger partial charge in [0.1, 0.15) is 5.75 Å². The third-order valence-electron chi connectivity index (χ3n) is 3.23. The van der Waals surface area contributed by atoms with Gasteiger partial charge < -0.3 is 14.8 Å². The van der Waals surface area contributed by atoms with Gasteiger partial charge in [0.2, 0.25) is 0 Å². The fourth-order valence-corrected chi connectivity index (χ4v) is 2.21. The molecule has 2 atom stereocenters. The Kier molecular flexibility index (Phi) is 4.21. The summed E-state index contributed by atoms with van der Waals surface area (Å²) < 4.78 is 10.9. The van der Waals surface area contributed by atoms with E-state index >= 15 is 0 Å². The third-order valence-corrected chi connectivity index (χ3v) is 3.23. The normalized spacial score (nSPS) is 22.2. The summed E-state index contributed by atoms with van der Waals surface area (Å²) in [6.07, 6.45) is 2.50. The molecule has 1 saturated heterocycles. The molecule has 6 nitrogen and oxygen atoms in total. The Bertz CT molecular complexity index is 464. The fraction of sp³-hybridized carbons (Fsp3) is 0.538. The summed E-state index contributed by atoms with van der Waals surface area (Å²) in [4.78, 5) is 10.4. The number of nitro benzene ring substituents is 1. The molecule has 0 bridgehead atoms. The average molecular weight is 266 g/mol. The van der Waals surface area contributed by atoms with E-state index in [1.54, 1.807) is 13.2 Å². The van der Waals surface area contributed by atoms with Gasteiger partial charge in [-0.2, -0.15) is 0 Å². The Hall–Kier alpha value is -1.82. The quantitative estimate of drug-likeness (QED) is 0.655. The minimum absolute atomic E-state index is 0.0454. The molecule has 0 aromatic heterocycles. The minimum atomic E-state index is -0.418. The molecule has 2 unspecified atom stereocenters. The van der Waals surface area contributed by atoms with Crippen LogP contribution in [0, 0.1) is 10.1 Å². The molecule has 6 heteroatoms. The average Bonchev–Trinajstić information content (AvgIpc) is 2.81. The maximum atomic E-state index is 10.8. The molecule has 1 aliphatic rings. The monoisotopic (exact) mass is 266 g/mol. The smallest absolute Gasteiger partial charge is 0.271 e. The first-order valence-electron chi connectivity index (χ1n) is 6.32. The molecule has 0 saturated carbocycles. The van der Waals surface area contributed by atoms with Gasteiger partial charge in [-0.15, -0.1) is 0 Å². The van der Waals surface area contributed by atoms with Crippen LogP contribution in [0.1, 0.15) is 19.8 Å². The van der Waals surface area contributed by atoms with Gasteiger partial charge in [0.05, 0.1) is 29.9 Å². The Morgan fingerprint density at radius 2 is 2.32 bits per heavy atom. The van der Waals surface area contributed by atoms with Gasteiger partial charge in [0.25, 0.3) is 5.69 Å². The van der Waals surface area contributed by atoms with Crippen molar-refractivity contribution in [3.05, 3.63) is 28.3 Å². The minimum Gasteiger partial charge on any atom is -0.495 e. The van der Waals surface area contributed by atoms with Gasteiger partial charge in [-0.05, 0) is 25.8 Å². The van der Waals surface area contributed by atoms with E-state index in [9.17, 15) is 10.1 Å². The predicted octanol–water partition coefficient (Wildman–Crippen LogP) is 2.58. The van der Waals surface area contributed by atoms with Crippen molar-refractivity contribution >= 4 is 11.4 Å². The number of rotatable bonds is 5. The lowest BCUT2D eigenvalue weighted by Gasteiger charge is -2.15. The second kappa shape index (κ2) is 5.88. The van der Waals surface area contributed by atoms with Crippen LogP contribution >= 0.6 is 0 Å². The molecule has 1 fully saturated rings.